The highest BCUT2D eigenvalue weighted by Gasteiger charge is 2.46. The van der Waals surface area contributed by atoms with Crippen molar-refractivity contribution in [3.05, 3.63) is 18.2 Å². The quantitative estimate of drug-likeness (QED) is 0.784. The molecule has 0 aromatic carbocycles. The van der Waals surface area contributed by atoms with Crippen LogP contribution in [0.5, 0.6) is 0 Å². The van der Waals surface area contributed by atoms with Gasteiger partial charge in [0.1, 0.15) is 11.2 Å². The highest BCUT2D eigenvalue weighted by Crippen LogP contribution is 2.32. The van der Waals surface area contributed by atoms with E-state index >= 15 is 0 Å². The Bertz CT molecular complexity index is 427. The molecular weight excluding hydrogens is 218 g/mol. The fraction of sp³-hybridized carbons (Fsp3) is 0.583. The van der Waals surface area contributed by atoms with Crippen LogP contribution >= 0.6 is 0 Å². The van der Waals surface area contributed by atoms with Crippen LogP contribution in [0.1, 0.15) is 26.0 Å². The Balaban J connectivity index is 1.96. The molecule has 5 heteroatoms. The zero-order valence-electron chi connectivity index (χ0n) is 10.2. The van der Waals surface area contributed by atoms with E-state index in [-0.39, 0.29) is 11.7 Å². The molecule has 1 aromatic rings. The van der Waals surface area contributed by atoms with Gasteiger partial charge in [-0.25, -0.2) is 4.98 Å². The molecule has 0 spiro atoms. The van der Waals surface area contributed by atoms with Crippen molar-refractivity contribution in [1.29, 1.82) is 0 Å². The molecule has 1 fully saturated rings. The van der Waals surface area contributed by atoms with Gasteiger partial charge in [-0.3, -0.25) is 9.59 Å². The molecule has 17 heavy (non-hydrogen) atoms. The maximum absolute atomic E-state index is 12.1. The number of carbonyl (C=O) groups is 2. The molecule has 0 radical (unpaired) electrons. The molecule has 0 bridgehead atoms. The van der Waals surface area contributed by atoms with Gasteiger partial charge in [0, 0.05) is 31.4 Å². The molecule has 2 heterocycles. The molecule has 1 N–H and O–H groups in total. The number of Topliss-reactive ketones (excluding diaryl/α,β-unsaturated/α-hetero) is 1. The molecule has 92 valence electrons. The summed E-state index contributed by atoms with van der Waals surface area (Å²) in [6, 6.07) is 0. The van der Waals surface area contributed by atoms with Crippen molar-refractivity contribution >= 4 is 11.7 Å². The number of amides is 1. The van der Waals surface area contributed by atoms with Crippen LogP contribution in [0.3, 0.4) is 0 Å². The number of carbonyl (C=O) groups excluding carboxylic acids is 2. The summed E-state index contributed by atoms with van der Waals surface area (Å²) in [5, 5.41) is 0. The number of rotatable bonds is 4. The molecule has 0 saturated carbocycles. The lowest BCUT2D eigenvalue weighted by Crippen LogP contribution is -2.37. The van der Waals surface area contributed by atoms with Gasteiger partial charge in [-0.15, -0.1) is 0 Å². The number of nitrogens with one attached hydrogen (secondary N) is 1. The topological polar surface area (TPSA) is 66.1 Å². The number of nitrogens with zero attached hydrogens (tertiary/aromatic N) is 2. The van der Waals surface area contributed by atoms with Gasteiger partial charge in [-0.1, -0.05) is 0 Å². The van der Waals surface area contributed by atoms with Crippen LogP contribution in [0.2, 0.25) is 0 Å². The molecular formula is C12H17N3O2. The molecule has 2 rings (SSSR count). The molecule has 0 aliphatic carbocycles. The van der Waals surface area contributed by atoms with Gasteiger partial charge in [-0.2, -0.15) is 0 Å². The van der Waals surface area contributed by atoms with E-state index in [2.05, 4.69) is 9.97 Å². The highest BCUT2D eigenvalue weighted by atomic mass is 16.2. The van der Waals surface area contributed by atoms with Crippen LogP contribution in [0.15, 0.2) is 12.5 Å². The maximum atomic E-state index is 12.1. The maximum Gasteiger partial charge on any atom is 0.236 e. The van der Waals surface area contributed by atoms with Crippen molar-refractivity contribution in [2.75, 3.05) is 13.1 Å². The molecule has 1 saturated heterocycles. The Hall–Kier alpha value is -1.65. The first kappa shape index (κ1) is 11.8. The van der Waals surface area contributed by atoms with E-state index in [4.69, 9.17) is 0 Å². The lowest BCUT2D eigenvalue weighted by Gasteiger charge is -2.20. The van der Waals surface area contributed by atoms with Gasteiger partial charge >= 0.3 is 0 Å². The zero-order valence-corrected chi connectivity index (χ0v) is 10.2. The summed E-state index contributed by atoms with van der Waals surface area (Å²) in [6.45, 7) is 4.55. The van der Waals surface area contributed by atoms with E-state index < -0.39 is 5.41 Å². The minimum absolute atomic E-state index is 0.0356. The normalized spacial score (nSPS) is 24.4. The molecule has 1 amide bonds. The van der Waals surface area contributed by atoms with Crippen LogP contribution in [0.4, 0.5) is 0 Å². The predicted molar refractivity (Wildman–Crippen MR) is 62.3 cm³/mol. The lowest BCUT2D eigenvalue weighted by molar-refractivity contribution is -0.142. The molecule has 5 nitrogen and oxygen atoms in total. The zero-order chi connectivity index (χ0) is 12.5. The van der Waals surface area contributed by atoms with Crippen molar-refractivity contribution in [1.82, 2.24) is 14.9 Å². The summed E-state index contributed by atoms with van der Waals surface area (Å²) in [4.78, 5) is 32.3. The number of aromatic nitrogens is 2. The molecule has 1 aromatic heterocycles. The predicted octanol–water partition coefficient (Wildman–Crippen LogP) is 0.780. The van der Waals surface area contributed by atoms with E-state index in [0.29, 0.717) is 19.5 Å². The van der Waals surface area contributed by atoms with Gasteiger partial charge < -0.3 is 9.88 Å². The second-order valence-electron chi connectivity index (χ2n) is 4.76. The monoisotopic (exact) mass is 235 g/mol. The summed E-state index contributed by atoms with van der Waals surface area (Å²) in [6.07, 6.45) is 4.76. The van der Waals surface area contributed by atoms with Gasteiger partial charge in [0.2, 0.25) is 5.91 Å². The number of ketones is 1. The van der Waals surface area contributed by atoms with Crippen molar-refractivity contribution < 1.29 is 9.59 Å². The Morgan fingerprint density at radius 3 is 2.94 bits per heavy atom. The van der Waals surface area contributed by atoms with Crippen LogP contribution in [0, 0.1) is 5.41 Å². The fourth-order valence-electron chi connectivity index (χ4n) is 2.13. The Morgan fingerprint density at radius 2 is 2.41 bits per heavy atom. The number of hydrogen-bond donors (Lipinski definition) is 1. The van der Waals surface area contributed by atoms with E-state index in [1.54, 1.807) is 24.3 Å². The fourth-order valence-corrected chi connectivity index (χ4v) is 2.13. The van der Waals surface area contributed by atoms with Crippen LogP contribution in [-0.4, -0.2) is 39.6 Å². The van der Waals surface area contributed by atoms with E-state index in [0.717, 1.165) is 12.1 Å². The SMILES string of the molecule is CC(=O)C1(C)CCN(CCc2cnc[nH]2)C1=O. The largest absolute Gasteiger partial charge is 0.348 e. The first-order chi connectivity index (χ1) is 8.04. The minimum Gasteiger partial charge on any atom is -0.348 e. The molecule has 1 atom stereocenters. The smallest absolute Gasteiger partial charge is 0.236 e. The first-order valence-electron chi connectivity index (χ1n) is 5.82. The van der Waals surface area contributed by atoms with Crippen LogP contribution < -0.4 is 0 Å². The summed E-state index contributed by atoms with van der Waals surface area (Å²) < 4.78 is 0. The van der Waals surface area contributed by atoms with Crippen molar-refractivity contribution in [3.63, 3.8) is 0 Å². The van der Waals surface area contributed by atoms with E-state index in [1.165, 1.54) is 6.92 Å². The van der Waals surface area contributed by atoms with Crippen molar-refractivity contribution in [3.8, 4) is 0 Å². The molecule has 1 unspecified atom stereocenters. The summed E-state index contributed by atoms with van der Waals surface area (Å²) in [7, 11) is 0. The van der Waals surface area contributed by atoms with Crippen molar-refractivity contribution in [2.45, 2.75) is 26.7 Å². The van der Waals surface area contributed by atoms with E-state index in [9.17, 15) is 9.59 Å². The second kappa shape index (κ2) is 4.31. The van der Waals surface area contributed by atoms with E-state index in [1.807, 2.05) is 0 Å². The average molecular weight is 235 g/mol. The van der Waals surface area contributed by atoms with Crippen molar-refractivity contribution in [2.24, 2.45) is 5.41 Å². The number of H-pyrrole nitrogens is 1. The lowest BCUT2D eigenvalue weighted by atomic mass is 9.85. The number of likely N-dealkylation sites (tertiary alicyclic amines) is 1. The number of hydrogen-bond acceptors (Lipinski definition) is 3. The first-order valence-corrected chi connectivity index (χ1v) is 5.82. The second-order valence-corrected chi connectivity index (χ2v) is 4.76. The average Bonchev–Trinajstić information content (AvgIpc) is 2.88. The number of imidazole rings is 1. The third-order valence-corrected chi connectivity index (χ3v) is 3.62. The molecule has 1 aliphatic heterocycles. The summed E-state index contributed by atoms with van der Waals surface area (Å²) in [5.74, 6) is -0.0731. The standard InChI is InChI=1S/C12H17N3O2/c1-9(16)12(2)4-6-15(11(12)17)5-3-10-7-13-8-14-10/h7-8H,3-6H2,1-2H3,(H,13,14). The Labute approximate surface area is 100 Å². The van der Waals surface area contributed by atoms with Gasteiger partial charge in [0.25, 0.3) is 0 Å². The third-order valence-electron chi connectivity index (χ3n) is 3.62. The van der Waals surface area contributed by atoms with Crippen LogP contribution in [0.25, 0.3) is 0 Å². The Morgan fingerprint density at radius 1 is 1.65 bits per heavy atom. The summed E-state index contributed by atoms with van der Waals surface area (Å²) in [5.41, 5.74) is 0.211. The van der Waals surface area contributed by atoms with Gasteiger partial charge in [0.05, 0.1) is 6.33 Å². The summed E-state index contributed by atoms with van der Waals surface area (Å²) >= 11 is 0. The van der Waals surface area contributed by atoms with Gasteiger partial charge in [-0.05, 0) is 20.3 Å². The minimum atomic E-state index is -0.798. The van der Waals surface area contributed by atoms with Gasteiger partial charge in [0.15, 0.2) is 0 Å². The third kappa shape index (κ3) is 2.09. The molecule has 1 aliphatic rings. The van der Waals surface area contributed by atoms with Crippen LogP contribution in [-0.2, 0) is 16.0 Å². The highest BCUT2D eigenvalue weighted by molar-refractivity contribution is 6.05. The number of aromatic amines is 1. The Kier molecular flexibility index (Phi) is 3.00.